The molecule has 0 aliphatic carbocycles. The summed E-state index contributed by atoms with van der Waals surface area (Å²) in [6.45, 7) is 5.26. The molecule has 1 rings (SSSR count). The molecule has 5 unspecified atom stereocenters. The van der Waals surface area contributed by atoms with Crippen molar-refractivity contribution in [3.8, 4) is 0 Å². The van der Waals surface area contributed by atoms with E-state index in [2.05, 4.69) is 27.0 Å². The topological polar surface area (TPSA) is 218 Å². The third kappa shape index (κ3) is 13.5. The maximum atomic E-state index is 13.7. The molecule has 1 saturated heterocycles. The fourth-order valence-electron chi connectivity index (χ4n) is 2.44. The van der Waals surface area contributed by atoms with Gasteiger partial charge in [-0.1, -0.05) is 27.2 Å². The Morgan fingerprint density at radius 2 is 1.73 bits per heavy atom. The second-order valence-electron chi connectivity index (χ2n) is 6.69. The molecule has 0 spiro atoms. The van der Waals surface area contributed by atoms with Crippen molar-refractivity contribution in [3.05, 3.63) is 12.0 Å². The number of carbonyl (C=O) groups excluding carboxylic acids is 2. The lowest BCUT2D eigenvalue weighted by Gasteiger charge is -2.26. The number of ether oxygens (including phenoxy) is 1. The summed E-state index contributed by atoms with van der Waals surface area (Å²) in [4.78, 5) is 57.9. The summed E-state index contributed by atoms with van der Waals surface area (Å²) < 4.78 is 64.3. The van der Waals surface area contributed by atoms with Crippen LogP contribution in [0.3, 0.4) is 0 Å². The van der Waals surface area contributed by atoms with Crippen LogP contribution >= 0.6 is 23.5 Å². The van der Waals surface area contributed by atoms with E-state index in [1.807, 2.05) is 0 Å². The quantitative estimate of drug-likeness (QED) is 0.141. The van der Waals surface area contributed by atoms with Gasteiger partial charge in [0, 0.05) is 19.2 Å². The molecule has 19 heteroatoms. The van der Waals surface area contributed by atoms with E-state index in [0.717, 1.165) is 6.20 Å². The summed E-state index contributed by atoms with van der Waals surface area (Å²) in [6, 6.07) is 0. The van der Waals surface area contributed by atoms with Crippen LogP contribution in [0.25, 0.3) is 0 Å². The first-order valence-electron chi connectivity index (χ1n) is 9.24. The molecule has 1 aliphatic heterocycles. The van der Waals surface area contributed by atoms with Crippen molar-refractivity contribution in [3.63, 3.8) is 0 Å². The Balaban J connectivity index is 0.00000322. The van der Waals surface area contributed by atoms with Crippen LogP contribution < -0.4 is 5.32 Å². The number of phosphoric ester groups is 1. The summed E-state index contributed by atoms with van der Waals surface area (Å²) in [5.41, 5.74) is 0. The Kier molecular flexibility index (Phi) is 13.3. The van der Waals surface area contributed by atoms with Gasteiger partial charge in [0.25, 0.3) is 5.91 Å². The molecule has 0 bridgehead atoms. The van der Waals surface area contributed by atoms with Gasteiger partial charge in [0.2, 0.25) is 12.2 Å². The lowest BCUT2D eigenvalue weighted by Crippen LogP contribution is -2.33. The molecule has 0 radical (unpaired) electrons. The highest BCUT2D eigenvalue weighted by Gasteiger charge is 2.42. The van der Waals surface area contributed by atoms with E-state index in [4.69, 9.17) is 19.4 Å². The molecule has 0 aromatic heterocycles. The smallest absolute Gasteiger partial charge is 0.352 e. The molecule has 0 saturated carbocycles. The molecule has 2 amide bonds. The van der Waals surface area contributed by atoms with E-state index >= 15 is 0 Å². The number of hydrogen-bond acceptors (Lipinski definition) is 10. The van der Waals surface area contributed by atoms with Crippen LogP contribution in [0.1, 0.15) is 33.6 Å². The predicted molar refractivity (Wildman–Crippen MR) is 109 cm³/mol. The minimum absolute atomic E-state index is 0.00324. The number of nitrogens with one attached hydrogen (secondary N) is 1. The summed E-state index contributed by atoms with van der Waals surface area (Å²) >= 11 is 0. The SMILES string of the molecule is CC1CC(COP(=O)(O)OP(=O)(O)OP(=O)(O)O)OC1N(C)/C=C(/F)C(=O)NC=O.CCC. The number of phosphoric acid groups is 3. The Morgan fingerprint density at radius 3 is 2.21 bits per heavy atom. The third-order valence-corrected chi connectivity index (χ3v) is 7.22. The number of halogens is 1. The average molecular weight is 544 g/mol. The number of nitrogens with zero attached hydrogens (tertiary/aromatic N) is 1. The molecule has 0 aromatic rings. The van der Waals surface area contributed by atoms with Gasteiger partial charge in [0.1, 0.15) is 6.23 Å². The Hall–Kier alpha value is -1.02. The second-order valence-corrected chi connectivity index (χ2v) is 11.1. The molecule has 194 valence electrons. The Labute approximate surface area is 189 Å². The fourth-order valence-corrected chi connectivity index (χ4v) is 5.49. The van der Waals surface area contributed by atoms with E-state index in [1.165, 1.54) is 18.4 Å². The molecule has 0 aromatic carbocycles. The highest BCUT2D eigenvalue weighted by Crippen LogP contribution is 2.66. The van der Waals surface area contributed by atoms with Crippen molar-refractivity contribution in [1.82, 2.24) is 10.2 Å². The largest absolute Gasteiger partial charge is 0.490 e. The third-order valence-electron chi connectivity index (χ3n) is 3.42. The van der Waals surface area contributed by atoms with Crippen LogP contribution in [-0.2, 0) is 41.2 Å². The lowest BCUT2D eigenvalue weighted by atomic mass is 10.1. The zero-order chi connectivity index (χ0) is 26.0. The number of rotatable bonds is 11. The zero-order valence-corrected chi connectivity index (χ0v) is 20.8. The van der Waals surface area contributed by atoms with Gasteiger partial charge >= 0.3 is 23.5 Å². The van der Waals surface area contributed by atoms with E-state index in [9.17, 15) is 32.6 Å². The maximum absolute atomic E-state index is 13.7. The lowest BCUT2D eigenvalue weighted by molar-refractivity contribution is -0.123. The van der Waals surface area contributed by atoms with E-state index in [-0.39, 0.29) is 18.7 Å². The first-order valence-corrected chi connectivity index (χ1v) is 13.8. The molecule has 33 heavy (non-hydrogen) atoms. The Morgan fingerprint density at radius 1 is 1.18 bits per heavy atom. The number of hydrogen-bond donors (Lipinski definition) is 5. The van der Waals surface area contributed by atoms with Crippen LogP contribution in [0, 0.1) is 5.92 Å². The highest BCUT2D eigenvalue weighted by molar-refractivity contribution is 7.66. The maximum Gasteiger partial charge on any atom is 0.490 e. The second kappa shape index (κ2) is 13.8. The fraction of sp³-hybridized carbons (Fsp3) is 0.714. The van der Waals surface area contributed by atoms with Crippen molar-refractivity contribution >= 4 is 35.8 Å². The van der Waals surface area contributed by atoms with Gasteiger partial charge < -0.3 is 29.2 Å². The van der Waals surface area contributed by atoms with Crippen LogP contribution in [0.5, 0.6) is 0 Å². The van der Waals surface area contributed by atoms with Crippen LogP contribution in [-0.4, -0.2) is 62.8 Å². The number of imide groups is 1. The molecule has 1 heterocycles. The minimum Gasteiger partial charge on any atom is -0.352 e. The predicted octanol–water partition coefficient (Wildman–Crippen LogP) is 1.51. The van der Waals surface area contributed by atoms with Gasteiger partial charge in [0.15, 0.2) is 0 Å². The standard InChI is InChI=1S/C11H20FN2O13P3.C3H8/c1-7-3-8(25-11(7)14(2)4-9(12)10(16)13-6-15)5-24-29(20,21)27-30(22,23)26-28(17,18)19;1-3-2/h4,6-8,11H,3,5H2,1-2H3,(H,20,21)(H,22,23)(H,13,15,16)(H2,17,18,19);3H2,1-2H3/b9-4+;. The first kappa shape index (κ1) is 32.0. The van der Waals surface area contributed by atoms with Crippen LogP contribution in [0.2, 0.25) is 0 Å². The van der Waals surface area contributed by atoms with Crippen molar-refractivity contribution in [2.45, 2.75) is 45.9 Å². The number of amides is 2. The molecule has 5 atom stereocenters. The van der Waals surface area contributed by atoms with Gasteiger partial charge in [-0.2, -0.15) is 13.0 Å². The molecule has 5 N–H and O–H groups in total. The summed E-state index contributed by atoms with van der Waals surface area (Å²) in [5, 5.41) is 1.61. The normalized spacial score (nSPS) is 24.6. The van der Waals surface area contributed by atoms with Gasteiger partial charge in [-0.3, -0.25) is 19.4 Å². The van der Waals surface area contributed by atoms with Crippen LogP contribution in [0.15, 0.2) is 12.0 Å². The van der Waals surface area contributed by atoms with Crippen molar-refractivity contribution in [2.24, 2.45) is 5.92 Å². The minimum atomic E-state index is -5.63. The summed E-state index contributed by atoms with van der Waals surface area (Å²) in [6.07, 6.45) is 0.543. The van der Waals surface area contributed by atoms with Gasteiger partial charge in [0.05, 0.1) is 12.7 Å². The van der Waals surface area contributed by atoms with Crippen molar-refractivity contribution in [2.75, 3.05) is 13.7 Å². The van der Waals surface area contributed by atoms with E-state index in [0.29, 0.717) is 0 Å². The molecule has 15 nitrogen and oxygen atoms in total. The molecule has 1 fully saturated rings. The molecular formula is C14H28FN2O13P3. The average Bonchev–Trinajstić information content (AvgIpc) is 2.98. The summed E-state index contributed by atoms with van der Waals surface area (Å²) in [5.74, 6) is -2.86. The van der Waals surface area contributed by atoms with E-state index in [1.54, 1.807) is 12.2 Å². The first-order chi connectivity index (χ1) is 15.0. The van der Waals surface area contributed by atoms with Crippen molar-refractivity contribution in [1.29, 1.82) is 0 Å². The molecule has 1 aliphatic rings. The van der Waals surface area contributed by atoms with Gasteiger partial charge in [-0.25, -0.2) is 13.7 Å². The summed E-state index contributed by atoms with van der Waals surface area (Å²) in [7, 11) is -15.1. The molecular weight excluding hydrogens is 516 g/mol. The van der Waals surface area contributed by atoms with Crippen molar-refractivity contribution < 1.29 is 65.1 Å². The Bertz CT molecular complexity index is 835. The van der Waals surface area contributed by atoms with Gasteiger partial charge in [-0.15, -0.1) is 0 Å². The van der Waals surface area contributed by atoms with Crippen LogP contribution in [0.4, 0.5) is 4.39 Å². The number of carbonyl (C=O) groups is 2. The van der Waals surface area contributed by atoms with Gasteiger partial charge in [-0.05, 0) is 6.42 Å². The zero-order valence-electron chi connectivity index (χ0n) is 18.1. The highest BCUT2D eigenvalue weighted by atomic mass is 31.3. The monoisotopic (exact) mass is 544 g/mol. The van der Waals surface area contributed by atoms with E-state index < -0.39 is 54.1 Å².